The van der Waals surface area contributed by atoms with Crippen LogP contribution in [0.1, 0.15) is 11.3 Å². The number of pyridine rings is 1. The largest absolute Gasteiger partial charge is 0.455 e. The SMILES string of the molecule is NCc1ncccc1Oc1cccc(CO)c1. The average Bonchev–Trinajstić information content (AvgIpc) is 2.39. The van der Waals surface area contributed by atoms with Crippen molar-refractivity contribution in [3.63, 3.8) is 0 Å². The number of hydrogen-bond donors (Lipinski definition) is 2. The maximum absolute atomic E-state index is 9.04. The zero-order chi connectivity index (χ0) is 12.1. The summed E-state index contributed by atoms with van der Waals surface area (Å²) in [6.45, 7) is 0.323. The Bertz CT molecular complexity index is 500. The number of nitrogens with two attached hydrogens (primary N) is 1. The maximum atomic E-state index is 9.04. The summed E-state index contributed by atoms with van der Waals surface area (Å²) < 4.78 is 5.69. The molecule has 17 heavy (non-hydrogen) atoms. The molecule has 4 heteroatoms. The molecule has 1 heterocycles. The lowest BCUT2D eigenvalue weighted by Gasteiger charge is -2.09. The predicted molar refractivity (Wildman–Crippen MR) is 64.6 cm³/mol. The zero-order valence-corrected chi connectivity index (χ0v) is 9.34. The van der Waals surface area contributed by atoms with Gasteiger partial charge in [0.05, 0.1) is 12.3 Å². The second-order valence-electron chi connectivity index (χ2n) is 3.56. The van der Waals surface area contributed by atoms with Gasteiger partial charge in [-0.3, -0.25) is 4.98 Å². The Kier molecular flexibility index (Phi) is 3.69. The Morgan fingerprint density at radius 1 is 1.24 bits per heavy atom. The molecule has 0 spiro atoms. The van der Waals surface area contributed by atoms with Gasteiger partial charge < -0.3 is 15.6 Å². The Morgan fingerprint density at radius 2 is 2.12 bits per heavy atom. The van der Waals surface area contributed by atoms with E-state index < -0.39 is 0 Å². The monoisotopic (exact) mass is 230 g/mol. The van der Waals surface area contributed by atoms with Gasteiger partial charge in [-0.15, -0.1) is 0 Å². The lowest BCUT2D eigenvalue weighted by Crippen LogP contribution is -2.01. The van der Waals surface area contributed by atoms with Crippen LogP contribution in [0.5, 0.6) is 11.5 Å². The number of rotatable bonds is 4. The first kappa shape index (κ1) is 11.6. The van der Waals surface area contributed by atoms with E-state index in [0.717, 1.165) is 5.56 Å². The summed E-state index contributed by atoms with van der Waals surface area (Å²) in [5.41, 5.74) is 7.09. The number of hydrogen-bond acceptors (Lipinski definition) is 4. The van der Waals surface area contributed by atoms with Crippen LogP contribution in [0.2, 0.25) is 0 Å². The van der Waals surface area contributed by atoms with Crippen molar-refractivity contribution in [1.82, 2.24) is 4.98 Å². The molecule has 0 fully saturated rings. The van der Waals surface area contributed by atoms with Gasteiger partial charge in [0.2, 0.25) is 0 Å². The van der Waals surface area contributed by atoms with Crippen LogP contribution in [0.4, 0.5) is 0 Å². The van der Waals surface area contributed by atoms with Gasteiger partial charge >= 0.3 is 0 Å². The van der Waals surface area contributed by atoms with Gasteiger partial charge in [0, 0.05) is 12.7 Å². The quantitative estimate of drug-likeness (QED) is 0.840. The number of ether oxygens (including phenoxy) is 1. The smallest absolute Gasteiger partial charge is 0.150 e. The van der Waals surface area contributed by atoms with E-state index in [9.17, 15) is 0 Å². The topological polar surface area (TPSA) is 68.4 Å². The van der Waals surface area contributed by atoms with Crippen molar-refractivity contribution < 1.29 is 9.84 Å². The highest BCUT2D eigenvalue weighted by molar-refractivity contribution is 5.35. The van der Waals surface area contributed by atoms with Gasteiger partial charge in [-0.1, -0.05) is 12.1 Å². The number of nitrogens with zero attached hydrogens (tertiary/aromatic N) is 1. The summed E-state index contributed by atoms with van der Waals surface area (Å²) in [7, 11) is 0. The summed E-state index contributed by atoms with van der Waals surface area (Å²) in [6, 6.07) is 10.9. The first-order valence-corrected chi connectivity index (χ1v) is 5.35. The Hall–Kier alpha value is -1.91. The number of benzene rings is 1. The van der Waals surface area contributed by atoms with Crippen molar-refractivity contribution in [3.8, 4) is 11.5 Å². The van der Waals surface area contributed by atoms with E-state index in [1.165, 1.54) is 0 Å². The lowest BCUT2D eigenvalue weighted by molar-refractivity contribution is 0.281. The lowest BCUT2D eigenvalue weighted by atomic mass is 10.2. The standard InChI is InChI=1S/C13H14N2O2/c14-8-12-13(5-2-6-15-12)17-11-4-1-3-10(7-11)9-16/h1-7,16H,8-9,14H2. The van der Waals surface area contributed by atoms with E-state index in [-0.39, 0.29) is 6.61 Å². The van der Waals surface area contributed by atoms with Crippen molar-refractivity contribution in [2.75, 3.05) is 0 Å². The van der Waals surface area contributed by atoms with Gasteiger partial charge in [0.1, 0.15) is 11.5 Å². The fourth-order valence-electron chi connectivity index (χ4n) is 1.50. The summed E-state index contributed by atoms with van der Waals surface area (Å²) >= 11 is 0. The summed E-state index contributed by atoms with van der Waals surface area (Å²) in [5.74, 6) is 1.31. The number of aromatic nitrogens is 1. The molecule has 2 aromatic rings. The Balaban J connectivity index is 2.24. The van der Waals surface area contributed by atoms with Crippen molar-refractivity contribution in [3.05, 3.63) is 53.9 Å². The molecular formula is C13H14N2O2. The Morgan fingerprint density at radius 3 is 2.88 bits per heavy atom. The minimum Gasteiger partial charge on any atom is -0.455 e. The Labute approximate surface area is 99.7 Å². The molecular weight excluding hydrogens is 216 g/mol. The van der Waals surface area contributed by atoms with Gasteiger partial charge in [-0.25, -0.2) is 0 Å². The highest BCUT2D eigenvalue weighted by atomic mass is 16.5. The zero-order valence-electron chi connectivity index (χ0n) is 9.34. The van der Waals surface area contributed by atoms with Crippen LogP contribution in [0, 0.1) is 0 Å². The summed E-state index contributed by atoms with van der Waals surface area (Å²) in [6.07, 6.45) is 1.68. The van der Waals surface area contributed by atoms with E-state index >= 15 is 0 Å². The summed E-state index contributed by atoms with van der Waals surface area (Å²) in [4.78, 5) is 4.14. The molecule has 0 saturated carbocycles. The fourth-order valence-corrected chi connectivity index (χ4v) is 1.50. The molecule has 1 aromatic heterocycles. The molecule has 0 atom stereocenters. The normalized spacial score (nSPS) is 10.2. The first-order valence-electron chi connectivity index (χ1n) is 5.35. The molecule has 0 amide bonds. The third-order valence-electron chi connectivity index (χ3n) is 2.35. The molecule has 0 aliphatic heterocycles. The van der Waals surface area contributed by atoms with E-state index in [1.807, 2.05) is 24.3 Å². The first-order chi connectivity index (χ1) is 8.33. The van der Waals surface area contributed by atoms with Gasteiger partial charge in [0.25, 0.3) is 0 Å². The molecule has 0 bridgehead atoms. The number of aliphatic hydroxyl groups excluding tert-OH is 1. The van der Waals surface area contributed by atoms with Gasteiger partial charge in [0.15, 0.2) is 0 Å². The van der Waals surface area contributed by atoms with Crippen LogP contribution in [0.15, 0.2) is 42.6 Å². The van der Waals surface area contributed by atoms with Crippen molar-refractivity contribution in [2.45, 2.75) is 13.2 Å². The average molecular weight is 230 g/mol. The van der Waals surface area contributed by atoms with Crippen LogP contribution >= 0.6 is 0 Å². The second kappa shape index (κ2) is 5.43. The van der Waals surface area contributed by atoms with Gasteiger partial charge in [-0.2, -0.15) is 0 Å². The van der Waals surface area contributed by atoms with E-state index in [0.29, 0.717) is 23.7 Å². The van der Waals surface area contributed by atoms with Crippen LogP contribution in [-0.4, -0.2) is 10.1 Å². The molecule has 0 unspecified atom stereocenters. The molecule has 1 aromatic carbocycles. The third-order valence-corrected chi connectivity index (χ3v) is 2.35. The second-order valence-corrected chi connectivity index (χ2v) is 3.56. The highest BCUT2D eigenvalue weighted by Gasteiger charge is 2.04. The molecule has 4 nitrogen and oxygen atoms in total. The fraction of sp³-hybridized carbons (Fsp3) is 0.154. The van der Waals surface area contributed by atoms with Crippen LogP contribution < -0.4 is 10.5 Å². The molecule has 0 saturated heterocycles. The predicted octanol–water partition coefficient (Wildman–Crippen LogP) is 1.82. The maximum Gasteiger partial charge on any atom is 0.150 e. The molecule has 3 N–H and O–H groups in total. The van der Waals surface area contributed by atoms with Crippen LogP contribution in [0.3, 0.4) is 0 Å². The highest BCUT2D eigenvalue weighted by Crippen LogP contribution is 2.24. The van der Waals surface area contributed by atoms with E-state index in [2.05, 4.69) is 4.98 Å². The van der Waals surface area contributed by atoms with Gasteiger partial charge in [-0.05, 0) is 29.8 Å². The minimum absolute atomic E-state index is 0.00597. The molecule has 2 rings (SSSR count). The van der Waals surface area contributed by atoms with Crippen molar-refractivity contribution >= 4 is 0 Å². The molecule has 0 radical (unpaired) electrons. The summed E-state index contributed by atoms with van der Waals surface area (Å²) in [5, 5.41) is 9.04. The number of aliphatic hydroxyl groups is 1. The molecule has 0 aliphatic carbocycles. The van der Waals surface area contributed by atoms with Crippen molar-refractivity contribution in [2.24, 2.45) is 5.73 Å². The van der Waals surface area contributed by atoms with Crippen molar-refractivity contribution in [1.29, 1.82) is 0 Å². The third kappa shape index (κ3) is 2.81. The molecule has 88 valence electrons. The van der Waals surface area contributed by atoms with E-state index in [4.69, 9.17) is 15.6 Å². The minimum atomic E-state index is -0.00597. The molecule has 0 aliphatic rings. The van der Waals surface area contributed by atoms with Crippen LogP contribution in [0.25, 0.3) is 0 Å². The van der Waals surface area contributed by atoms with Crippen LogP contribution in [-0.2, 0) is 13.2 Å². The van der Waals surface area contributed by atoms with E-state index in [1.54, 1.807) is 18.3 Å².